The molecule has 1 saturated carbocycles. The third kappa shape index (κ3) is 2.96. The van der Waals surface area contributed by atoms with Crippen molar-refractivity contribution in [2.45, 2.75) is 37.8 Å². The van der Waals surface area contributed by atoms with E-state index in [4.69, 9.17) is 0 Å². The Kier molecular flexibility index (Phi) is 3.48. The lowest BCUT2D eigenvalue weighted by Crippen LogP contribution is -2.46. The maximum Gasteiger partial charge on any atom is 0.252 e. The molecule has 0 spiro atoms. The van der Waals surface area contributed by atoms with Crippen LogP contribution in [0.15, 0.2) is 30.3 Å². The largest absolute Gasteiger partial charge is 0.380 e. The van der Waals surface area contributed by atoms with E-state index in [-0.39, 0.29) is 5.78 Å². The van der Waals surface area contributed by atoms with Crippen molar-refractivity contribution in [3.8, 4) is 0 Å². The fraction of sp³-hybridized carbons (Fsp3) is 0.429. The van der Waals surface area contributed by atoms with Gasteiger partial charge in [-0.15, -0.1) is 0 Å². The summed E-state index contributed by atoms with van der Waals surface area (Å²) < 4.78 is 0. The summed E-state index contributed by atoms with van der Waals surface area (Å²) in [6, 6.07) is 8.94. The zero-order valence-electron chi connectivity index (χ0n) is 10.3. The fourth-order valence-electron chi connectivity index (χ4n) is 1.78. The third-order valence-corrected chi connectivity index (χ3v) is 3.22. The van der Waals surface area contributed by atoms with Crippen LogP contribution in [0, 0.1) is 0 Å². The van der Waals surface area contributed by atoms with E-state index in [1.165, 1.54) is 6.92 Å². The summed E-state index contributed by atoms with van der Waals surface area (Å²) in [5.41, 5.74) is -0.245. The van der Waals surface area contributed by atoms with Gasteiger partial charge < -0.3 is 10.4 Å². The predicted octanol–water partition coefficient (Wildman–Crippen LogP) is 0.828. The van der Waals surface area contributed by atoms with Crippen molar-refractivity contribution < 1.29 is 14.7 Å². The van der Waals surface area contributed by atoms with Gasteiger partial charge in [0.15, 0.2) is 5.78 Å². The highest BCUT2D eigenvalue weighted by Crippen LogP contribution is 2.35. The van der Waals surface area contributed by atoms with Crippen molar-refractivity contribution in [1.82, 2.24) is 5.32 Å². The highest BCUT2D eigenvalue weighted by Gasteiger charge is 2.48. The molecule has 0 aromatic heterocycles. The van der Waals surface area contributed by atoms with Crippen LogP contribution < -0.4 is 5.32 Å². The van der Waals surface area contributed by atoms with Gasteiger partial charge in [-0.05, 0) is 31.7 Å². The average Bonchev–Trinajstić information content (AvgIpc) is 3.09. The Morgan fingerprint density at radius 3 is 2.44 bits per heavy atom. The van der Waals surface area contributed by atoms with Crippen molar-refractivity contribution in [2.75, 3.05) is 0 Å². The minimum atomic E-state index is -1.23. The molecule has 0 heterocycles. The molecule has 2 rings (SSSR count). The number of rotatable bonds is 5. The van der Waals surface area contributed by atoms with Gasteiger partial charge in [-0.25, -0.2) is 0 Å². The normalized spacial score (nSPS) is 17.9. The zero-order valence-corrected chi connectivity index (χ0v) is 10.3. The van der Waals surface area contributed by atoms with Crippen LogP contribution in [0.1, 0.15) is 25.3 Å². The molecule has 2 N–H and O–H groups in total. The summed E-state index contributed by atoms with van der Waals surface area (Å²) in [5.74, 6) is -0.532. The van der Waals surface area contributed by atoms with Gasteiger partial charge in [0.2, 0.25) is 0 Å². The molecular formula is C14H17NO3. The van der Waals surface area contributed by atoms with Crippen LogP contribution in [0.5, 0.6) is 0 Å². The highest BCUT2D eigenvalue weighted by molar-refractivity contribution is 5.93. The lowest BCUT2D eigenvalue weighted by atomic mass is 10.0. The van der Waals surface area contributed by atoms with E-state index >= 15 is 0 Å². The molecule has 0 aliphatic heterocycles. The Balaban J connectivity index is 2.00. The number of benzene rings is 1. The molecule has 1 unspecified atom stereocenters. The van der Waals surface area contributed by atoms with E-state index in [1.54, 1.807) is 0 Å². The van der Waals surface area contributed by atoms with Gasteiger partial charge in [-0.3, -0.25) is 9.59 Å². The fourth-order valence-corrected chi connectivity index (χ4v) is 1.78. The molecule has 1 aliphatic rings. The predicted molar refractivity (Wildman–Crippen MR) is 66.9 cm³/mol. The van der Waals surface area contributed by atoms with Crippen LogP contribution in [-0.4, -0.2) is 28.4 Å². The molecular weight excluding hydrogens is 230 g/mol. The van der Waals surface area contributed by atoms with E-state index < -0.39 is 17.6 Å². The van der Waals surface area contributed by atoms with Crippen LogP contribution >= 0.6 is 0 Å². The van der Waals surface area contributed by atoms with Gasteiger partial charge in [-0.2, -0.15) is 0 Å². The smallest absolute Gasteiger partial charge is 0.252 e. The molecule has 1 aliphatic carbocycles. The van der Waals surface area contributed by atoms with Gasteiger partial charge in [0.25, 0.3) is 5.91 Å². The molecule has 4 heteroatoms. The summed E-state index contributed by atoms with van der Waals surface area (Å²) in [4.78, 5) is 23.3. The van der Waals surface area contributed by atoms with Crippen LogP contribution in [-0.2, 0) is 16.0 Å². The maximum atomic E-state index is 11.7. The number of ketones is 1. The minimum absolute atomic E-state index is 0.101. The van der Waals surface area contributed by atoms with Crippen LogP contribution in [0.4, 0.5) is 0 Å². The number of hydrogen-bond donors (Lipinski definition) is 2. The number of Topliss-reactive ketones (excluding diaryl/α,β-unsaturated/α-hetero) is 1. The number of carbonyl (C=O) groups is 2. The first kappa shape index (κ1) is 12.8. The Labute approximate surface area is 106 Å². The molecule has 1 aromatic rings. The molecule has 1 aromatic carbocycles. The van der Waals surface area contributed by atoms with Gasteiger partial charge in [-0.1, -0.05) is 30.3 Å². The molecule has 1 fully saturated rings. The van der Waals surface area contributed by atoms with E-state index in [1.807, 2.05) is 30.3 Å². The monoisotopic (exact) mass is 247 g/mol. The van der Waals surface area contributed by atoms with E-state index in [0.29, 0.717) is 19.3 Å². The zero-order chi connectivity index (χ0) is 13.2. The second kappa shape index (κ2) is 4.90. The first-order valence-corrected chi connectivity index (χ1v) is 6.09. The van der Waals surface area contributed by atoms with E-state index in [0.717, 1.165) is 5.56 Å². The Morgan fingerprint density at radius 2 is 1.94 bits per heavy atom. The molecule has 1 amide bonds. The van der Waals surface area contributed by atoms with Crippen LogP contribution in [0.2, 0.25) is 0 Å². The number of aliphatic hydroxyl groups is 1. The molecule has 1 atom stereocenters. The van der Waals surface area contributed by atoms with Gasteiger partial charge in [0, 0.05) is 0 Å². The first-order chi connectivity index (χ1) is 8.51. The van der Waals surface area contributed by atoms with Gasteiger partial charge in [0.1, 0.15) is 5.60 Å². The van der Waals surface area contributed by atoms with Gasteiger partial charge >= 0.3 is 0 Å². The van der Waals surface area contributed by atoms with Crippen LogP contribution in [0.25, 0.3) is 0 Å². The van der Waals surface area contributed by atoms with E-state index in [2.05, 4.69) is 5.32 Å². The summed E-state index contributed by atoms with van der Waals surface area (Å²) in [7, 11) is 0. The van der Waals surface area contributed by atoms with Crippen molar-refractivity contribution in [3.05, 3.63) is 35.9 Å². The number of carbonyl (C=O) groups excluding carboxylic acids is 2. The second-order valence-corrected chi connectivity index (χ2v) is 4.86. The summed E-state index contributed by atoms with van der Waals surface area (Å²) >= 11 is 0. The number of nitrogens with one attached hydrogen (secondary N) is 1. The first-order valence-electron chi connectivity index (χ1n) is 6.09. The highest BCUT2D eigenvalue weighted by atomic mass is 16.3. The summed E-state index contributed by atoms with van der Waals surface area (Å²) in [6.07, 6.45) is 1.42. The molecule has 0 saturated heterocycles. The Hall–Kier alpha value is -1.68. The Morgan fingerprint density at radius 1 is 1.33 bits per heavy atom. The van der Waals surface area contributed by atoms with E-state index in [9.17, 15) is 14.7 Å². The lowest BCUT2D eigenvalue weighted by molar-refractivity contribution is -0.134. The second-order valence-electron chi connectivity index (χ2n) is 4.86. The van der Waals surface area contributed by atoms with Crippen molar-refractivity contribution in [2.24, 2.45) is 0 Å². The summed E-state index contributed by atoms with van der Waals surface area (Å²) in [5, 5.41) is 12.3. The van der Waals surface area contributed by atoms with Crippen molar-refractivity contribution >= 4 is 11.7 Å². The molecule has 4 nitrogen and oxygen atoms in total. The third-order valence-electron chi connectivity index (χ3n) is 3.22. The molecule has 0 radical (unpaired) electrons. The van der Waals surface area contributed by atoms with Gasteiger partial charge in [0.05, 0.1) is 6.04 Å². The lowest BCUT2D eigenvalue weighted by Gasteiger charge is -2.18. The number of hydrogen-bond acceptors (Lipinski definition) is 3. The SMILES string of the molecule is CC(=O)C(Cc1ccccc1)NC(=O)C1(O)CC1. The molecule has 18 heavy (non-hydrogen) atoms. The van der Waals surface area contributed by atoms with Crippen LogP contribution in [0.3, 0.4) is 0 Å². The molecule has 96 valence electrons. The molecule has 0 bridgehead atoms. The average molecular weight is 247 g/mol. The number of amides is 1. The summed E-state index contributed by atoms with van der Waals surface area (Å²) in [6.45, 7) is 1.45. The minimum Gasteiger partial charge on any atom is -0.380 e. The van der Waals surface area contributed by atoms with Crippen molar-refractivity contribution in [3.63, 3.8) is 0 Å². The quantitative estimate of drug-likeness (QED) is 0.810. The maximum absolute atomic E-state index is 11.7. The topological polar surface area (TPSA) is 66.4 Å². The standard InChI is InChI=1S/C14H17NO3/c1-10(16)12(9-11-5-3-2-4-6-11)15-13(17)14(18)7-8-14/h2-6,12,18H,7-9H2,1H3,(H,15,17). The Bertz CT molecular complexity index is 451. The van der Waals surface area contributed by atoms with Crippen molar-refractivity contribution in [1.29, 1.82) is 0 Å².